The maximum Gasteiger partial charge on any atom is 0.335 e. The number of aromatic carboxylic acids is 1. The third-order valence-electron chi connectivity index (χ3n) is 1.79. The minimum absolute atomic E-state index is 0.0725. The van der Waals surface area contributed by atoms with Gasteiger partial charge in [0.2, 0.25) is 0 Å². The Morgan fingerprint density at radius 1 is 1.47 bits per heavy atom. The van der Waals surface area contributed by atoms with Gasteiger partial charge in [-0.05, 0) is 34.1 Å². The molecule has 1 rings (SSSR count). The van der Waals surface area contributed by atoms with Gasteiger partial charge in [-0.25, -0.2) is 4.79 Å². The summed E-state index contributed by atoms with van der Waals surface area (Å²) in [5, 5.41) is 8.75. The molecule has 0 aliphatic rings. The molecular formula is C9H11BrN2O4S. The van der Waals surface area contributed by atoms with Crippen LogP contribution in [0.15, 0.2) is 22.7 Å². The van der Waals surface area contributed by atoms with Crippen LogP contribution in [0.25, 0.3) is 0 Å². The van der Waals surface area contributed by atoms with E-state index in [1.807, 2.05) is 0 Å². The molecule has 1 aromatic rings. The highest BCUT2D eigenvalue weighted by Crippen LogP contribution is 2.24. The Hall–Kier alpha value is -1.12. The molecule has 0 aromatic heterocycles. The van der Waals surface area contributed by atoms with Crippen molar-refractivity contribution >= 4 is 37.8 Å². The number of carboxylic acid groups (broad SMARTS) is 1. The third-order valence-corrected chi connectivity index (χ3v) is 3.61. The number of benzene rings is 1. The van der Waals surface area contributed by atoms with Gasteiger partial charge in [-0.15, -0.1) is 0 Å². The molecule has 0 fully saturated rings. The zero-order valence-electron chi connectivity index (χ0n) is 8.90. The average Bonchev–Trinajstić information content (AvgIpc) is 2.20. The molecule has 0 unspecified atom stereocenters. The van der Waals surface area contributed by atoms with Crippen molar-refractivity contribution in [3.8, 4) is 0 Å². The molecule has 1 aromatic carbocycles. The summed E-state index contributed by atoms with van der Waals surface area (Å²) in [7, 11) is -3.62. The lowest BCUT2D eigenvalue weighted by atomic mass is 10.2. The van der Waals surface area contributed by atoms with E-state index in [9.17, 15) is 13.2 Å². The highest BCUT2D eigenvalue weighted by Gasteiger charge is 2.12. The average molecular weight is 323 g/mol. The van der Waals surface area contributed by atoms with Gasteiger partial charge in [0.15, 0.2) is 0 Å². The number of halogens is 1. The van der Waals surface area contributed by atoms with Crippen molar-refractivity contribution in [3.05, 3.63) is 28.2 Å². The fourth-order valence-corrected chi connectivity index (χ4v) is 2.63. The smallest absolute Gasteiger partial charge is 0.335 e. The van der Waals surface area contributed by atoms with Gasteiger partial charge < -0.3 is 5.11 Å². The first kappa shape index (κ1) is 13.9. The van der Waals surface area contributed by atoms with Crippen LogP contribution < -0.4 is 9.44 Å². The fourth-order valence-electron chi connectivity index (χ4n) is 1.10. The quantitative estimate of drug-likeness (QED) is 0.763. The maximum absolute atomic E-state index is 11.4. The Balaban J connectivity index is 2.98. The lowest BCUT2D eigenvalue weighted by molar-refractivity contribution is 0.0697. The van der Waals surface area contributed by atoms with E-state index in [1.54, 1.807) is 6.92 Å². The topological polar surface area (TPSA) is 95.5 Å². The van der Waals surface area contributed by atoms with E-state index in [-0.39, 0.29) is 17.8 Å². The van der Waals surface area contributed by atoms with Crippen molar-refractivity contribution in [2.45, 2.75) is 6.92 Å². The van der Waals surface area contributed by atoms with E-state index >= 15 is 0 Å². The first-order valence-corrected chi connectivity index (χ1v) is 6.93. The third kappa shape index (κ3) is 3.99. The van der Waals surface area contributed by atoms with Crippen LogP contribution >= 0.6 is 15.9 Å². The Morgan fingerprint density at radius 3 is 2.59 bits per heavy atom. The highest BCUT2D eigenvalue weighted by atomic mass is 79.9. The summed E-state index contributed by atoms with van der Waals surface area (Å²) in [6.45, 7) is 1.92. The van der Waals surface area contributed by atoms with E-state index < -0.39 is 16.2 Å². The molecule has 8 heteroatoms. The van der Waals surface area contributed by atoms with Crippen molar-refractivity contribution in [3.63, 3.8) is 0 Å². The zero-order chi connectivity index (χ0) is 13.1. The van der Waals surface area contributed by atoms with Crippen molar-refractivity contribution in [1.82, 2.24) is 4.72 Å². The van der Waals surface area contributed by atoms with Gasteiger partial charge in [0.25, 0.3) is 10.2 Å². The maximum atomic E-state index is 11.4. The Labute approximate surface area is 107 Å². The van der Waals surface area contributed by atoms with Crippen LogP contribution in [0.3, 0.4) is 0 Å². The molecule has 6 nitrogen and oxygen atoms in total. The van der Waals surface area contributed by atoms with Gasteiger partial charge in [0, 0.05) is 11.0 Å². The fraction of sp³-hybridized carbons (Fsp3) is 0.222. The molecule has 0 radical (unpaired) electrons. The molecule has 0 amide bonds. The Bertz CT molecular complexity index is 530. The second-order valence-electron chi connectivity index (χ2n) is 3.10. The van der Waals surface area contributed by atoms with Gasteiger partial charge in [0.05, 0.1) is 11.3 Å². The summed E-state index contributed by atoms with van der Waals surface area (Å²) in [5.74, 6) is -1.08. The van der Waals surface area contributed by atoms with Gasteiger partial charge in [-0.2, -0.15) is 13.1 Å². The highest BCUT2D eigenvalue weighted by molar-refractivity contribution is 9.10. The lowest BCUT2D eigenvalue weighted by Crippen LogP contribution is -2.29. The summed E-state index contributed by atoms with van der Waals surface area (Å²) in [4.78, 5) is 10.7. The summed E-state index contributed by atoms with van der Waals surface area (Å²) < 4.78 is 27.7. The molecule has 0 bridgehead atoms. The molecule has 17 heavy (non-hydrogen) atoms. The van der Waals surface area contributed by atoms with Crippen LogP contribution in [-0.4, -0.2) is 26.0 Å². The predicted molar refractivity (Wildman–Crippen MR) is 67.3 cm³/mol. The molecule has 0 spiro atoms. The summed E-state index contributed by atoms with van der Waals surface area (Å²) in [5.41, 5.74) is 0.347. The zero-order valence-corrected chi connectivity index (χ0v) is 11.3. The molecule has 94 valence electrons. The van der Waals surface area contributed by atoms with Crippen molar-refractivity contribution in [2.24, 2.45) is 0 Å². The minimum atomic E-state index is -3.62. The van der Waals surface area contributed by atoms with Crippen LogP contribution in [0.1, 0.15) is 17.3 Å². The van der Waals surface area contributed by atoms with Gasteiger partial charge in [-0.1, -0.05) is 6.92 Å². The van der Waals surface area contributed by atoms with Crippen molar-refractivity contribution in [1.29, 1.82) is 0 Å². The summed E-state index contributed by atoms with van der Waals surface area (Å²) in [6, 6.07) is 4.02. The Morgan fingerprint density at radius 2 is 2.12 bits per heavy atom. The number of hydrogen-bond donors (Lipinski definition) is 3. The van der Waals surface area contributed by atoms with E-state index in [0.29, 0.717) is 4.47 Å². The molecule has 0 aliphatic heterocycles. The number of nitrogens with one attached hydrogen (secondary N) is 2. The van der Waals surface area contributed by atoms with Gasteiger partial charge >= 0.3 is 5.97 Å². The molecule has 3 N–H and O–H groups in total. The SMILES string of the molecule is CCNS(=O)(=O)Nc1ccc(C(=O)O)cc1Br. The van der Waals surface area contributed by atoms with Crippen LogP contribution in [0, 0.1) is 0 Å². The van der Waals surface area contributed by atoms with Crippen LogP contribution in [0.5, 0.6) is 0 Å². The normalized spacial score (nSPS) is 11.2. The molecule has 0 heterocycles. The van der Waals surface area contributed by atoms with Crippen molar-refractivity contribution in [2.75, 3.05) is 11.3 Å². The summed E-state index contributed by atoms with van der Waals surface area (Å²) in [6.07, 6.45) is 0. The number of carbonyl (C=O) groups is 1. The predicted octanol–water partition coefficient (Wildman–Crippen LogP) is 1.41. The molecule has 0 atom stereocenters. The molecule has 0 saturated heterocycles. The van der Waals surface area contributed by atoms with Crippen LogP contribution in [-0.2, 0) is 10.2 Å². The molecule has 0 saturated carbocycles. The van der Waals surface area contributed by atoms with Crippen molar-refractivity contribution < 1.29 is 18.3 Å². The Kier molecular flexibility index (Phi) is 4.49. The largest absolute Gasteiger partial charge is 0.478 e. The van der Waals surface area contributed by atoms with Crippen LogP contribution in [0.2, 0.25) is 0 Å². The standard InChI is InChI=1S/C9H11BrN2O4S/c1-2-11-17(15,16)12-8-4-3-6(9(13)14)5-7(8)10/h3-5,11-12H,2H2,1H3,(H,13,14). The van der Waals surface area contributed by atoms with Gasteiger partial charge in [0.1, 0.15) is 0 Å². The lowest BCUT2D eigenvalue weighted by Gasteiger charge is -2.09. The first-order chi connectivity index (χ1) is 7.85. The van der Waals surface area contributed by atoms with Crippen LogP contribution in [0.4, 0.5) is 5.69 Å². The van der Waals surface area contributed by atoms with E-state index in [0.717, 1.165) is 0 Å². The first-order valence-electron chi connectivity index (χ1n) is 4.66. The second-order valence-corrected chi connectivity index (χ2v) is 5.46. The number of hydrogen-bond acceptors (Lipinski definition) is 3. The number of anilines is 1. The summed E-state index contributed by atoms with van der Waals surface area (Å²) >= 11 is 3.10. The molecular weight excluding hydrogens is 312 g/mol. The van der Waals surface area contributed by atoms with E-state index in [4.69, 9.17) is 5.11 Å². The van der Waals surface area contributed by atoms with E-state index in [1.165, 1.54) is 18.2 Å². The van der Waals surface area contributed by atoms with Gasteiger partial charge in [-0.3, -0.25) is 4.72 Å². The van der Waals surface area contributed by atoms with E-state index in [2.05, 4.69) is 25.4 Å². The monoisotopic (exact) mass is 322 g/mol. The number of carboxylic acids is 1. The minimum Gasteiger partial charge on any atom is -0.478 e. The number of rotatable bonds is 5. The second kappa shape index (κ2) is 5.48. The molecule has 0 aliphatic carbocycles.